The predicted molar refractivity (Wildman–Crippen MR) is 76.7 cm³/mol. The summed E-state index contributed by atoms with van der Waals surface area (Å²) in [4.78, 5) is 2.62. The molecule has 0 aliphatic heterocycles. The molecule has 0 bridgehead atoms. The van der Waals surface area contributed by atoms with Gasteiger partial charge in [0.15, 0.2) is 0 Å². The normalized spacial score (nSPS) is 34.7. The number of nitrogens with one attached hydrogen (secondary N) is 1. The van der Waals surface area contributed by atoms with E-state index in [9.17, 15) is 5.26 Å². The zero-order valence-corrected chi connectivity index (χ0v) is 12.2. The molecule has 0 aromatic heterocycles. The highest BCUT2D eigenvalue weighted by Crippen LogP contribution is 2.40. The first-order chi connectivity index (χ1) is 9.27. The van der Waals surface area contributed by atoms with Crippen molar-refractivity contribution in [2.45, 2.75) is 75.9 Å². The van der Waals surface area contributed by atoms with Gasteiger partial charge in [0.05, 0.1) is 6.07 Å². The van der Waals surface area contributed by atoms with Crippen LogP contribution in [0.25, 0.3) is 0 Å². The molecule has 3 heteroatoms. The summed E-state index contributed by atoms with van der Waals surface area (Å²) < 4.78 is 0. The third-order valence-electron chi connectivity index (χ3n) is 5.29. The maximum absolute atomic E-state index is 9.68. The Hall–Kier alpha value is -0.590. The summed E-state index contributed by atoms with van der Waals surface area (Å²) in [6.07, 6.45) is 10.1. The molecule has 0 amide bonds. The van der Waals surface area contributed by atoms with Gasteiger partial charge in [-0.15, -0.1) is 0 Å². The van der Waals surface area contributed by atoms with E-state index in [2.05, 4.69) is 23.2 Å². The van der Waals surface area contributed by atoms with E-state index < -0.39 is 0 Å². The van der Waals surface area contributed by atoms with Crippen LogP contribution in [0.2, 0.25) is 0 Å². The number of nitrogens with zero attached hydrogens (tertiary/aromatic N) is 2. The third kappa shape index (κ3) is 2.95. The Morgan fingerprint density at radius 1 is 1.26 bits per heavy atom. The standard InChI is InChI=1S/C16H27N3/c1-2-19(15-7-8-15)11-9-13-4-3-10-16(13,12-17)18-14-5-6-14/h13-15,18H,2-11H2,1H3. The quantitative estimate of drug-likeness (QED) is 0.766. The first-order valence-electron chi connectivity index (χ1n) is 8.20. The van der Waals surface area contributed by atoms with E-state index in [0.717, 1.165) is 12.5 Å². The lowest BCUT2D eigenvalue weighted by atomic mass is 9.85. The predicted octanol–water partition coefficient (Wildman–Crippen LogP) is 2.68. The summed E-state index contributed by atoms with van der Waals surface area (Å²) in [6.45, 7) is 4.64. The summed E-state index contributed by atoms with van der Waals surface area (Å²) >= 11 is 0. The van der Waals surface area contributed by atoms with Crippen molar-refractivity contribution in [3.05, 3.63) is 0 Å². The monoisotopic (exact) mass is 261 g/mol. The molecule has 2 unspecified atom stereocenters. The molecule has 2 atom stereocenters. The van der Waals surface area contributed by atoms with Crippen LogP contribution in [0.1, 0.15) is 58.3 Å². The van der Waals surface area contributed by atoms with E-state index in [1.807, 2.05) is 0 Å². The Morgan fingerprint density at radius 3 is 2.63 bits per heavy atom. The minimum Gasteiger partial charge on any atom is -0.301 e. The van der Waals surface area contributed by atoms with Crippen LogP contribution < -0.4 is 5.32 Å². The maximum Gasteiger partial charge on any atom is 0.109 e. The van der Waals surface area contributed by atoms with Gasteiger partial charge >= 0.3 is 0 Å². The van der Waals surface area contributed by atoms with Crippen LogP contribution in [-0.2, 0) is 0 Å². The number of rotatable bonds is 7. The molecule has 0 radical (unpaired) electrons. The first-order valence-corrected chi connectivity index (χ1v) is 8.20. The summed E-state index contributed by atoms with van der Waals surface area (Å²) in [5.74, 6) is 0.575. The molecule has 3 aliphatic carbocycles. The molecule has 3 saturated carbocycles. The third-order valence-corrected chi connectivity index (χ3v) is 5.29. The summed E-state index contributed by atoms with van der Waals surface area (Å²) in [6, 6.07) is 4.16. The van der Waals surface area contributed by atoms with Crippen LogP contribution in [-0.4, -0.2) is 35.6 Å². The van der Waals surface area contributed by atoms with Crippen LogP contribution >= 0.6 is 0 Å². The smallest absolute Gasteiger partial charge is 0.109 e. The van der Waals surface area contributed by atoms with Gasteiger partial charge in [0.1, 0.15) is 5.54 Å². The van der Waals surface area contributed by atoms with Gasteiger partial charge in [0, 0.05) is 12.1 Å². The molecule has 3 fully saturated rings. The summed E-state index contributed by atoms with van der Waals surface area (Å²) in [7, 11) is 0. The van der Waals surface area contributed by atoms with Crippen molar-refractivity contribution in [2.75, 3.05) is 13.1 Å². The van der Waals surface area contributed by atoms with Gasteiger partial charge in [0.25, 0.3) is 0 Å². The van der Waals surface area contributed by atoms with E-state index in [1.165, 1.54) is 58.0 Å². The van der Waals surface area contributed by atoms with Crippen molar-refractivity contribution in [2.24, 2.45) is 5.92 Å². The van der Waals surface area contributed by atoms with Crippen LogP contribution in [0.5, 0.6) is 0 Å². The molecular formula is C16H27N3. The molecule has 0 aromatic carbocycles. The van der Waals surface area contributed by atoms with Gasteiger partial charge < -0.3 is 4.90 Å². The highest BCUT2D eigenvalue weighted by atomic mass is 15.2. The number of nitriles is 1. The van der Waals surface area contributed by atoms with Gasteiger partial charge in [-0.25, -0.2) is 0 Å². The largest absolute Gasteiger partial charge is 0.301 e. The first kappa shape index (κ1) is 13.4. The fourth-order valence-corrected chi connectivity index (χ4v) is 3.79. The molecule has 19 heavy (non-hydrogen) atoms. The number of hydrogen-bond acceptors (Lipinski definition) is 3. The zero-order valence-electron chi connectivity index (χ0n) is 12.2. The fraction of sp³-hybridized carbons (Fsp3) is 0.938. The van der Waals surface area contributed by atoms with Crippen molar-refractivity contribution in [3.63, 3.8) is 0 Å². The number of hydrogen-bond donors (Lipinski definition) is 1. The molecule has 3 aliphatic rings. The zero-order chi connectivity index (χ0) is 13.3. The van der Waals surface area contributed by atoms with Crippen LogP contribution in [0, 0.1) is 17.2 Å². The van der Waals surface area contributed by atoms with Crippen molar-refractivity contribution >= 4 is 0 Å². The van der Waals surface area contributed by atoms with Crippen molar-refractivity contribution < 1.29 is 0 Å². The molecule has 0 spiro atoms. The van der Waals surface area contributed by atoms with Crippen LogP contribution in [0.3, 0.4) is 0 Å². The molecule has 0 saturated heterocycles. The van der Waals surface area contributed by atoms with E-state index >= 15 is 0 Å². The lowest BCUT2D eigenvalue weighted by Crippen LogP contribution is -2.49. The second-order valence-corrected chi connectivity index (χ2v) is 6.74. The van der Waals surface area contributed by atoms with Crippen molar-refractivity contribution in [1.82, 2.24) is 10.2 Å². The van der Waals surface area contributed by atoms with Crippen LogP contribution in [0.4, 0.5) is 0 Å². The Morgan fingerprint density at radius 2 is 2.05 bits per heavy atom. The SMILES string of the molecule is CCN(CCC1CCCC1(C#N)NC1CC1)C1CC1. The Labute approximate surface area is 117 Å². The van der Waals surface area contributed by atoms with Crippen molar-refractivity contribution in [1.29, 1.82) is 5.26 Å². The lowest BCUT2D eigenvalue weighted by molar-refractivity contribution is 0.222. The Balaban J connectivity index is 1.56. The second kappa shape index (κ2) is 5.42. The van der Waals surface area contributed by atoms with Crippen molar-refractivity contribution in [3.8, 4) is 6.07 Å². The minimum atomic E-state index is -0.190. The molecule has 1 N–H and O–H groups in total. The minimum absolute atomic E-state index is 0.190. The summed E-state index contributed by atoms with van der Waals surface area (Å²) in [5.41, 5.74) is -0.190. The Bertz CT molecular complexity index is 353. The van der Waals surface area contributed by atoms with Gasteiger partial charge in [-0.3, -0.25) is 5.32 Å². The molecule has 0 aromatic rings. The van der Waals surface area contributed by atoms with E-state index in [0.29, 0.717) is 12.0 Å². The van der Waals surface area contributed by atoms with Crippen LogP contribution in [0.15, 0.2) is 0 Å². The molecule has 0 heterocycles. The topological polar surface area (TPSA) is 39.1 Å². The average molecular weight is 261 g/mol. The average Bonchev–Trinajstić information content (AvgIpc) is 3.32. The molecule has 3 nitrogen and oxygen atoms in total. The van der Waals surface area contributed by atoms with E-state index in [4.69, 9.17) is 0 Å². The van der Waals surface area contributed by atoms with Gasteiger partial charge in [-0.05, 0) is 64.0 Å². The van der Waals surface area contributed by atoms with Gasteiger partial charge in [-0.2, -0.15) is 5.26 Å². The maximum atomic E-state index is 9.68. The molecular weight excluding hydrogens is 234 g/mol. The summed E-state index contributed by atoms with van der Waals surface area (Å²) in [5, 5.41) is 13.4. The van der Waals surface area contributed by atoms with Gasteiger partial charge in [-0.1, -0.05) is 13.3 Å². The highest BCUT2D eigenvalue weighted by molar-refractivity contribution is 5.16. The highest BCUT2D eigenvalue weighted by Gasteiger charge is 2.46. The lowest BCUT2D eigenvalue weighted by Gasteiger charge is -2.32. The van der Waals surface area contributed by atoms with E-state index in [1.54, 1.807) is 0 Å². The fourth-order valence-electron chi connectivity index (χ4n) is 3.79. The van der Waals surface area contributed by atoms with E-state index in [-0.39, 0.29) is 5.54 Å². The van der Waals surface area contributed by atoms with Gasteiger partial charge in [0.2, 0.25) is 0 Å². The second-order valence-electron chi connectivity index (χ2n) is 6.74. The molecule has 3 rings (SSSR count). The Kier molecular flexibility index (Phi) is 3.82. The molecule has 106 valence electrons.